The molecular formula is C21H24N2O2. The Morgan fingerprint density at radius 3 is 2.08 bits per heavy atom. The van der Waals surface area contributed by atoms with Crippen molar-refractivity contribution in [1.82, 2.24) is 4.90 Å². The molecule has 1 unspecified atom stereocenters. The number of hydrogen-bond donors (Lipinski definition) is 2. The zero-order valence-corrected chi connectivity index (χ0v) is 14.2. The summed E-state index contributed by atoms with van der Waals surface area (Å²) in [5, 5.41) is 9.55. The summed E-state index contributed by atoms with van der Waals surface area (Å²) in [4.78, 5) is 13.9. The van der Waals surface area contributed by atoms with E-state index in [1.165, 1.54) is 11.1 Å². The lowest BCUT2D eigenvalue weighted by atomic mass is 9.67. The summed E-state index contributed by atoms with van der Waals surface area (Å²) in [6, 6.07) is 20.9. The highest BCUT2D eigenvalue weighted by molar-refractivity contribution is 5.71. The number of piperidine rings is 3. The lowest BCUT2D eigenvalue weighted by molar-refractivity contribution is -0.151. The van der Waals surface area contributed by atoms with Gasteiger partial charge in [0.2, 0.25) is 0 Å². The number of hydrogen-bond acceptors (Lipinski definition) is 3. The maximum Gasteiger partial charge on any atom is 0.308 e. The average molecular weight is 336 g/mol. The zero-order chi connectivity index (χ0) is 17.4. The summed E-state index contributed by atoms with van der Waals surface area (Å²) in [7, 11) is 0. The van der Waals surface area contributed by atoms with Crippen LogP contribution in [0, 0.1) is 11.8 Å². The van der Waals surface area contributed by atoms with Crippen LogP contribution in [0.15, 0.2) is 60.7 Å². The second kappa shape index (κ2) is 6.62. The third-order valence-electron chi connectivity index (χ3n) is 5.98. The number of carboxylic acid groups (broad SMARTS) is 1. The molecule has 5 atom stereocenters. The van der Waals surface area contributed by atoms with E-state index >= 15 is 0 Å². The molecular weight excluding hydrogens is 312 g/mol. The standard InChI is InChI=1S/C21H24N2O2/c22-19-16-11-12-23(13-17(16)21(24)25)20(19)18(14-7-3-1-4-8-14)15-9-5-2-6-10-15/h1-10,16-20H,11-13,22H2,(H,24,25)/t16-,17-,19-,20+/m0/s1. The van der Waals surface area contributed by atoms with Crippen LogP contribution in [0.4, 0.5) is 0 Å². The minimum Gasteiger partial charge on any atom is -0.481 e. The largest absolute Gasteiger partial charge is 0.481 e. The Kier molecular flexibility index (Phi) is 4.32. The van der Waals surface area contributed by atoms with E-state index in [0.29, 0.717) is 6.54 Å². The lowest BCUT2D eigenvalue weighted by Crippen LogP contribution is -2.67. The Morgan fingerprint density at radius 2 is 1.60 bits per heavy atom. The number of aliphatic carboxylic acids is 1. The van der Waals surface area contributed by atoms with E-state index in [9.17, 15) is 9.90 Å². The zero-order valence-electron chi connectivity index (χ0n) is 14.2. The van der Waals surface area contributed by atoms with Gasteiger partial charge >= 0.3 is 5.97 Å². The minimum atomic E-state index is -0.709. The summed E-state index contributed by atoms with van der Waals surface area (Å²) in [5.74, 6) is -0.830. The topological polar surface area (TPSA) is 66.6 Å². The number of carbonyl (C=O) groups is 1. The van der Waals surface area contributed by atoms with Gasteiger partial charge in [0, 0.05) is 24.5 Å². The summed E-state index contributed by atoms with van der Waals surface area (Å²) in [6.45, 7) is 1.54. The van der Waals surface area contributed by atoms with E-state index in [1.54, 1.807) is 0 Å². The monoisotopic (exact) mass is 336 g/mol. The summed E-state index contributed by atoms with van der Waals surface area (Å²) >= 11 is 0. The molecule has 3 saturated heterocycles. The van der Waals surface area contributed by atoms with Crippen molar-refractivity contribution in [3.05, 3.63) is 71.8 Å². The predicted octanol–water partition coefficient (Wildman–Crippen LogP) is 2.55. The van der Waals surface area contributed by atoms with Crippen LogP contribution in [-0.4, -0.2) is 41.1 Å². The van der Waals surface area contributed by atoms with Crippen LogP contribution in [0.1, 0.15) is 23.5 Å². The molecule has 25 heavy (non-hydrogen) atoms. The molecule has 0 amide bonds. The van der Waals surface area contributed by atoms with Gasteiger partial charge in [-0.1, -0.05) is 60.7 Å². The Labute approximate surface area is 148 Å². The second-order valence-corrected chi connectivity index (χ2v) is 7.26. The van der Waals surface area contributed by atoms with Crippen LogP contribution in [-0.2, 0) is 4.79 Å². The highest BCUT2D eigenvalue weighted by Gasteiger charge is 2.51. The van der Waals surface area contributed by atoms with Crippen molar-refractivity contribution in [3.8, 4) is 0 Å². The molecule has 3 aliphatic heterocycles. The van der Waals surface area contributed by atoms with Gasteiger partial charge in [-0.2, -0.15) is 0 Å². The van der Waals surface area contributed by atoms with Crippen molar-refractivity contribution >= 4 is 5.97 Å². The maximum absolute atomic E-state index is 11.6. The summed E-state index contributed by atoms with van der Waals surface area (Å²) in [6.07, 6.45) is 0.880. The molecule has 0 aromatic heterocycles. The molecule has 0 spiro atoms. The normalized spacial score (nSPS) is 31.2. The van der Waals surface area contributed by atoms with Gasteiger partial charge in [0.1, 0.15) is 0 Å². The fraction of sp³-hybridized carbons (Fsp3) is 0.381. The van der Waals surface area contributed by atoms with E-state index in [-0.39, 0.29) is 29.8 Å². The highest BCUT2D eigenvalue weighted by atomic mass is 16.4. The van der Waals surface area contributed by atoms with Gasteiger partial charge < -0.3 is 10.8 Å². The van der Waals surface area contributed by atoms with Crippen molar-refractivity contribution in [1.29, 1.82) is 0 Å². The molecule has 3 heterocycles. The molecule has 0 aliphatic carbocycles. The first-order chi connectivity index (χ1) is 12.2. The second-order valence-electron chi connectivity index (χ2n) is 7.26. The molecule has 2 aromatic rings. The van der Waals surface area contributed by atoms with Gasteiger partial charge in [-0.25, -0.2) is 0 Å². The van der Waals surface area contributed by atoms with Crippen LogP contribution >= 0.6 is 0 Å². The maximum atomic E-state index is 11.6. The third-order valence-corrected chi connectivity index (χ3v) is 5.98. The summed E-state index contributed by atoms with van der Waals surface area (Å²) < 4.78 is 0. The highest BCUT2D eigenvalue weighted by Crippen LogP contribution is 2.43. The molecule has 4 heteroatoms. The van der Waals surface area contributed by atoms with E-state index < -0.39 is 5.97 Å². The SMILES string of the molecule is N[C@H]1[C@H]2CCN(C[C@@H]2C(=O)O)[C@@H]1C(c1ccccc1)c1ccccc1. The van der Waals surface area contributed by atoms with E-state index in [4.69, 9.17) is 5.73 Å². The molecule has 3 N–H and O–H groups in total. The fourth-order valence-electron chi connectivity index (χ4n) is 4.83. The van der Waals surface area contributed by atoms with Crippen LogP contribution in [0.2, 0.25) is 0 Å². The van der Waals surface area contributed by atoms with E-state index in [2.05, 4.69) is 53.4 Å². The van der Waals surface area contributed by atoms with Gasteiger partial charge in [0.05, 0.1) is 5.92 Å². The molecule has 5 rings (SSSR count). The Morgan fingerprint density at radius 1 is 1.04 bits per heavy atom. The van der Waals surface area contributed by atoms with Gasteiger partial charge in [0.15, 0.2) is 0 Å². The molecule has 3 aliphatic rings. The number of benzene rings is 2. The average Bonchev–Trinajstić information content (AvgIpc) is 2.66. The number of nitrogens with two attached hydrogens (primary N) is 1. The van der Waals surface area contributed by atoms with Gasteiger partial charge in [-0.3, -0.25) is 9.69 Å². The number of rotatable bonds is 4. The van der Waals surface area contributed by atoms with Gasteiger partial charge in [-0.15, -0.1) is 0 Å². The summed E-state index contributed by atoms with van der Waals surface area (Å²) in [5.41, 5.74) is 9.15. The van der Waals surface area contributed by atoms with E-state index in [0.717, 1.165) is 13.0 Å². The molecule has 130 valence electrons. The number of nitrogens with zero attached hydrogens (tertiary/aromatic N) is 1. The minimum absolute atomic E-state index is 0.0578. The molecule has 3 fully saturated rings. The Balaban J connectivity index is 1.75. The Bertz CT molecular complexity index is 693. The van der Waals surface area contributed by atoms with Gasteiger partial charge in [0.25, 0.3) is 0 Å². The Hall–Kier alpha value is -2.17. The van der Waals surface area contributed by atoms with Gasteiger partial charge in [-0.05, 0) is 30.0 Å². The molecule has 0 radical (unpaired) electrons. The van der Waals surface area contributed by atoms with E-state index in [1.807, 2.05) is 12.1 Å². The number of fused-ring (bicyclic) bond motifs is 3. The van der Waals surface area contributed by atoms with Crippen LogP contribution in [0.3, 0.4) is 0 Å². The van der Waals surface area contributed by atoms with Crippen molar-refractivity contribution in [2.75, 3.05) is 13.1 Å². The molecule has 4 nitrogen and oxygen atoms in total. The quantitative estimate of drug-likeness (QED) is 0.900. The van der Waals surface area contributed by atoms with Crippen molar-refractivity contribution in [2.45, 2.75) is 24.4 Å². The fourth-order valence-corrected chi connectivity index (χ4v) is 4.83. The predicted molar refractivity (Wildman–Crippen MR) is 97.3 cm³/mol. The molecule has 2 aromatic carbocycles. The first kappa shape index (κ1) is 16.3. The molecule has 2 bridgehead atoms. The first-order valence-corrected chi connectivity index (χ1v) is 8.99. The van der Waals surface area contributed by atoms with Crippen molar-refractivity contribution < 1.29 is 9.90 Å². The van der Waals surface area contributed by atoms with Crippen LogP contribution in [0.5, 0.6) is 0 Å². The van der Waals surface area contributed by atoms with Crippen LogP contribution < -0.4 is 5.73 Å². The van der Waals surface area contributed by atoms with Crippen molar-refractivity contribution in [3.63, 3.8) is 0 Å². The number of carboxylic acids is 1. The molecule has 0 saturated carbocycles. The third kappa shape index (κ3) is 2.86. The lowest BCUT2D eigenvalue weighted by Gasteiger charge is -2.54. The van der Waals surface area contributed by atoms with Crippen molar-refractivity contribution in [2.24, 2.45) is 17.6 Å². The first-order valence-electron chi connectivity index (χ1n) is 8.99. The van der Waals surface area contributed by atoms with Crippen LogP contribution in [0.25, 0.3) is 0 Å². The smallest absolute Gasteiger partial charge is 0.308 e.